The predicted molar refractivity (Wildman–Crippen MR) is 119 cm³/mol. The molecule has 0 fully saturated rings. The first-order valence-corrected chi connectivity index (χ1v) is 10.8. The molecule has 1 N–H and O–H groups in total. The number of halogens is 1. The minimum absolute atomic E-state index is 0.225. The third kappa shape index (κ3) is 3.80. The lowest BCUT2D eigenvalue weighted by Gasteiger charge is -2.26. The smallest absolute Gasteiger partial charge is 0.410 e. The van der Waals surface area contributed by atoms with E-state index in [0.717, 1.165) is 21.0 Å². The molecule has 3 heterocycles. The van der Waals surface area contributed by atoms with Gasteiger partial charge in [0.2, 0.25) is 5.78 Å². The number of aliphatic imine (C=N–C) groups is 1. The Balaban J connectivity index is 1.75. The van der Waals surface area contributed by atoms with Gasteiger partial charge in [-0.1, -0.05) is 36.0 Å². The number of carbonyl (C=O) groups excluding carboxylic acids is 2. The van der Waals surface area contributed by atoms with E-state index in [1.54, 1.807) is 36.1 Å². The number of carbonyl (C=O) groups is 2. The maximum absolute atomic E-state index is 13.3. The third-order valence-corrected chi connectivity index (χ3v) is 6.48. The fourth-order valence-electron chi connectivity index (χ4n) is 3.47. The topological polar surface area (TPSA) is 71.0 Å². The number of nitrogens with zero attached hydrogens (tertiary/aromatic N) is 2. The Bertz CT molecular complexity index is 1050. The summed E-state index contributed by atoms with van der Waals surface area (Å²) in [5.74, 6) is -0.225. The van der Waals surface area contributed by atoms with Crippen molar-refractivity contribution in [2.45, 2.75) is 19.9 Å². The number of thiophene rings is 1. The highest BCUT2D eigenvalue weighted by atomic mass is 35.5. The molecule has 0 radical (unpaired) electrons. The van der Waals surface area contributed by atoms with Crippen molar-refractivity contribution in [2.24, 2.45) is 4.99 Å². The van der Waals surface area contributed by atoms with Crippen LogP contribution in [0.2, 0.25) is 5.02 Å². The normalized spacial score (nSPS) is 15.6. The number of ether oxygens (including phenoxy) is 1. The molecule has 0 aliphatic carbocycles. The van der Waals surface area contributed by atoms with Crippen molar-refractivity contribution in [3.05, 3.63) is 50.9 Å². The van der Waals surface area contributed by atoms with Gasteiger partial charge in [-0.25, -0.2) is 4.79 Å². The average Bonchev–Trinajstić information content (AvgIpc) is 2.96. The minimum Gasteiger partial charge on any atom is -0.450 e. The monoisotopic (exact) mass is 447 g/mol. The van der Waals surface area contributed by atoms with Crippen LogP contribution in [0.1, 0.15) is 33.3 Å². The highest BCUT2D eigenvalue weighted by Gasteiger charge is 2.33. The lowest BCUT2D eigenvalue weighted by molar-refractivity contribution is 0.103. The zero-order valence-electron chi connectivity index (χ0n) is 15.7. The maximum Gasteiger partial charge on any atom is 0.410 e. The molecule has 29 heavy (non-hydrogen) atoms. The van der Waals surface area contributed by atoms with E-state index in [1.807, 2.05) is 0 Å². The number of hydrogen-bond donors (Lipinski definition) is 1. The number of amides is 1. The second-order valence-corrected chi connectivity index (χ2v) is 8.61. The SMILES string of the molecule is CCOC(=O)N1CCc2c(sc3c2C(C(=O)c2ccccc2Cl)=NCC(=S)N3)C1. The third-order valence-electron chi connectivity index (χ3n) is 4.79. The van der Waals surface area contributed by atoms with Crippen molar-refractivity contribution in [3.8, 4) is 0 Å². The second-order valence-electron chi connectivity index (χ2n) is 6.60. The fourth-order valence-corrected chi connectivity index (χ4v) is 5.21. The van der Waals surface area contributed by atoms with E-state index in [-0.39, 0.29) is 18.4 Å². The number of fused-ring (bicyclic) bond motifs is 3. The fraction of sp³-hybridized carbons (Fsp3) is 0.300. The zero-order valence-corrected chi connectivity index (χ0v) is 18.0. The Morgan fingerprint density at radius 2 is 2.17 bits per heavy atom. The van der Waals surface area contributed by atoms with Crippen LogP contribution in [-0.2, 0) is 17.7 Å². The molecule has 9 heteroatoms. The molecule has 0 saturated carbocycles. The van der Waals surface area contributed by atoms with Gasteiger partial charge in [0.25, 0.3) is 0 Å². The molecule has 1 aromatic heterocycles. The van der Waals surface area contributed by atoms with Gasteiger partial charge < -0.3 is 15.0 Å². The molecule has 6 nitrogen and oxygen atoms in total. The molecular weight excluding hydrogens is 430 g/mol. The highest BCUT2D eigenvalue weighted by Crippen LogP contribution is 2.39. The number of Topliss-reactive ketones (excluding diaryl/α,β-unsaturated/α-hetero) is 1. The van der Waals surface area contributed by atoms with Gasteiger partial charge in [0.15, 0.2) is 0 Å². The average molecular weight is 448 g/mol. The maximum atomic E-state index is 13.3. The van der Waals surface area contributed by atoms with Crippen molar-refractivity contribution in [1.82, 2.24) is 4.90 Å². The lowest BCUT2D eigenvalue weighted by atomic mass is 9.95. The van der Waals surface area contributed by atoms with E-state index in [0.29, 0.717) is 47.4 Å². The molecule has 0 saturated heterocycles. The van der Waals surface area contributed by atoms with Crippen LogP contribution >= 0.6 is 35.2 Å². The van der Waals surface area contributed by atoms with Gasteiger partial charge in [0, 0.05) is 22.5 Å². The molecule has 2 aliphatic rings. The van der Waals surface area contributed by atoms with Crippen LogP contribution in [-0.4, -0.2) is 47.2 Å². The summed E-state index contributed by atoms with van der Waals surface area (Å²) in [5.41, 5.74) is 2.58. The Hall–Kier alpha value is -2.29. The van der Waals surface area contributed by atoms with Crippen molar-refractivity contribution < 1.29 is 14.3 Å². The van der Waals surface area contributed by atoms with E-state index in [2.05, 4.69) is 10.3 Å². The minimum atomic E-state index is -0.328. The predicted octanol–water partition coefficient (Wildman–Crippen LogP) is 4.34. The summed E-state index contributed by atoms with van der Waals surface area (Å²) >= 11 is 13.1. The molecular formula is C20H18ClN3O3S2. The molecule has 0 spiro atoms. The summed E-state index contributed by atoms with van der Waals surface area (Å²) in [7, 11) is 0. The molecule has 0 bridgehead atoms. The van der Waals surface area contributed by atoms with Crippen LogP contribution < -0.4 is 5.32 Å². The van der Waals surface area contributed by atoms with E-state index >= 15 is 0 Å². The molecule has 4 rings (SSSR count). The largest absolute Gasteiger partial charge is 0.450 e. The van der Waals surface area contributed by atoms with E-state index < -0.39 is 0 Å². The molecule has 0 atom stereocenters. The Morgan fingerprint density at radius 1 is 1.38 bits per heavy atom. The first kappa shape index (κ1) is 20.0. The molecule has 1 aromatic carbocycles. The first-order chi connectivity index (χ1) is 14.0. The van der Waals surface area contributed by atoms with Crippen LogP contribution in [0.3, 0.4) is 0 Å². The number of benzene rings is 1. The standard InChI is InChI=1S/C20H18ClN3O3S2/c1-2-27-20(26)24-8-7-12-14(10-24)29-19-16(12)17(22-9-15(28)23-19)18(25)11-5-3-4-6-13(11)21/h3-6H,2,7-10H2,1H3,(H,23,28). The Morgan fingerprint density at radius 3 is 2.93 bits per heavy atom. The van der Waals surface area contributed by atoms with Crippen LogP contribution in [0.15, 0.2) is 29.3 Å². The summed E-state index contributed by atoms with van der Waals surface area (Å²) in [5, 5.41) is 4.40. The van der Waals surface area contributed by atoms with E-state index in [4.69, 9.17) is 28.6 Å². The summed E-state index contributed by atoms with van der Waals surface area (Å²) in [6.07, 6.45) is 0.287. The number of thiocarbonyl (C=S) groups is 1. The number of anilines is 1. The van der Waals surface area contributed by atoms with Gasteiger partial charge in [0.1, 0.15) is 15.7 Å². The van der Waals surface area contributed by atoms with Crippen LogP contribution in [0, 0.1) is 0 Å². The van der Waals surface area contributed by atoms with Crippen molar-refractivity contribution >= 4 is 62.7 Å². The number of rotatable bonds is 3. The van der Waals surface area contributed by atoms with Gasteiger partial charge >= 0.3 is 6.09 Å². The molecule has 1 amide bonds. The van der Waals surface area contributed by atoms with Crippen molar-refractivity contribution in [1.29, 1.82) is 0 Å². The quantitative estimate of drug-likeness (QED) is 0.559. The van der Waals surface area contributed by atoms with Gasteiger partial charge in [-0.15, -0.1) is 11.3 Å². The zero-order chi connectivity index (χ0) is 20.5. The molecule has 2 aromatic rings. The lowest BCUT2D eigenvalue weighted by Crippen LogP contribution is -2.36. The highest BCUT2D eigenvalue weighted by molar-refractivity contribution is 7.80. The summed E-state index contributed by atoms with van der Waals surface area (Å²) in [6.45, 7) is 3.32. The number of nitrogens with one attached hydrogen (secondary N) is 1. The van der Waals surface area contributed by atoms with Gasteiger partial charge in [-0.05, 0) is 31.0 Å². The van der Waals surface area contributed by atoms with Crippen LogP contribution in [0.4, 0.5) is 9.80 Å². The van der Waals surface area contributed by atoms with E-state index in [9.17, 15) is 9.59 Å². The molecule has 0 unspecified atom stereocenters. The summed E-state index contributed by atoms with van der Waals surface area (Å²) in [6, 6.07) is 6.95. The van der Waals surface area contributed by atoms with Crippen molar-refractivity contribution in [3.63, 3.8) is 0 Å². The Labute approximate surface area is 182 Å². The molecule has 2 aliphatic heterocycles. The number of hydrogen-bond acceptors (Lipinski definition) is 6. The van der Waals surface area contributed by atoms with Gasteiger partial charge in [-0.2, -0.15) is 0 Å². The first-order valence-electron chi connectivity index (χ1n) is 9.19. The van der Waals surface area contributed by atoms with Crippen LogP contribution in [0.25, 0.3) is 0 Å². The van der Waals surface area contributed by atoms with Gasteiger partial charge in [-0.3, -0.25) is 9.79 Å². The van der Waals surface area contributed by atoms with Crippen molar-refractivity contribution in [2.75, 3.05) is 25.0 Å². The van der Waals surface area contributed by atoms with Gasteiger partial charge in [0.05, 0.1) is 24.7 Å². The van der Waals surface area contributed by atoms with E-state index in [1.165, 1.54) is 11.3 Å². The molecule has 150 valence electrons. The summed E-state index contributed by atoms with van der Waals surface area (Å²) in [4.78, 5) is 33.2. The number of ketones is 1. The summed E-state index contributed by atoms with van der Waals surface area (Å²) < 4.78 is 5.13. The Kier molecular flexibility index (Phi) is 5.67. The van der Waals surface area contributed by atoms with Crippen LogP contribution in [0.5, 0.6) is 0 Å². The second kappa shape index (κ2) is 8.22.